The van der Waals surface area contributed by atoms with Gasteiger partial charge in [-0.2, -0.15) is 0 Å². The van der Waals surface area contributed by atoms with Gasteiger partial charge in [0.15, 0.2) is 0 Å². The number of hydrogen-bond donors (Lipinski definition) is 1. The lowest BCUT2D eigenvalue weighted by Crippen LogP contribution is -2.38. The molecule has 0 aliphatic carbocycles. The van der Waals surface area contributed by atoms with E-state index in [2.05, 4.69) is 16.5 Å². The van der Waals surface area contributed by atoms with Crippen molar-refractivity contribution >= 4 is 10.0 Å². The lowest BCUT2D eigenvalue weighted by molar-refractivity contribution is 0.201. The minimum atomic E-state index is -3.40. The van der Waals surface area contributed by atoms with Crippen LogP contribution in [0.4, 0.5) is 0 Å². The summed E-state index contributed by atoms with van der Waals surface area (Å²) in [6.07, 6.45) is 3.86. The number of aryl methyl sites for hydroxylation is 1. The molecule has 1 aliphatic rings. The van der Waals surface area contributed by atoms with Crippen LogP contribution in [0.25, 0.3) is 0 Å². The molecule has 0 aromatic heterocycles. The molecule has 0 saturated carbocycles. The van der Waals surface area contributed by atoms with Crippen molar-refractivity contribution < 1.29 is 8.42 Å². The third kappa shape index (κ3) is 4.80. The Labute approximate surface area is 128 Å². The van der Waals surface area contributed by atoms with Crippen LogP contribution in [0.5, 0.6) is 0 Å². The zero-order valence-corrected chi connectivity index (χ0v) is 13.8. The van der Waals surface area contributed by atoms with Crippen molar-refractivity contribution in [3.63, 3.8) is 0 Å². The highest BCUT2D eigenvalue weighted by Crippen LogP contribution is 2.15. The van der Waals surface area contributed by atoms with E-state index >= 15 is 0 Å². The molecule has 1 fully saturated rings. The summed E-state index contributed by atoms with van der Waals surface area (Å²) in [5.74, 6) is 0.321. The second kappa shape index (κ2) is 7.38. The van der Waals surface area contributed by atoms with Gasteiger partial charge in [0.25, 0.3) is 0 Å². The molecule has 0 amide bonds. The monoisotopic (exact) mass is 310 g/mol. The van der Waals surface area contributed by atoms with Crippen LogP contribution in [0, 0.1) is 12.8 Å². The number of rotatable bonds is 6. The number of likely N-dealkylation sites (tertiary alicyclic amines) is 1. The molecule has 118 valence electrons. The molecular formula is C16H26N2O2S. The summed E-state index contributed by atoms with van der Waals surface area (Å²) >= 11 is 0. The molecule has 0 bridgehead atoms. The van der Waals surface area contributed by atoms with Crippen LogP contribution in [-0.2, 0) is 10.0 Å². The van der Waals surface area contributed by atoms with Gasteiger partial charge in [-0.3, -0.25) is 0 Å². The highest BCUT2D eigenvalue weighted by Gasteiger charge is 2.18. The van der Waals surface area contributed by atoms with Crippen molar-refractivity contribution in [1.29, 1.82) is 0 Å². The topological polar surface area (TPSA) is 49.4 Å². The van der Waals surface area contributed by atoms with Gasteiger partial charge in [-0.15, -0.1) is 0 Å². The number of hydrogen-bond acceptors (Lipinski definition) is 3. The molecule has 21 heavy (non-hydrogen) atoms. The second-order valence-electron chi connectivity index (χ2n) is 6.08. The average molecular weight is 310 g/mol. The summed E-state index contributed by atoms with van der Waals surface area (Å²) in [6.45, 7) is 7.69. The molecule has 5 heteroatoms. The molecule has 1 atom stereocenters. The molecular weight excluding hydrogens is 284 g/mol. The Hall–Kier alpha value is -0.910. The van der Waals surface area contributed by atoms with Gasteiger partial charge in [-0.05, 0) is 50.4 Å². The Morgan fingerprint density at radius 2 is 1.86 bits per heavy atom. The van der Waals surface area contributed by atoms with E-state index in [0.29, 0.717) is 17.4 Å². The highest BCUT2D eigenvalue weighted by atomic mass is 32.2. The second-order valence-corrected chi connectivity index (χ2v) is 7.82. The van der Waals surface area contributed by atoms with Crippen molar-refractivity contribution in [3.05, 3.63) is 29.8 Å². The quantitative estimate of drug-likeness (QED) is 0.878. The average Bonchev–Trinajstić information content (AvgIpc) is 2.47. The Morgan fingerprint density at radius 3 is 2.52 bits per heavy atom. The van der Waals surface area contributed by atoms with Gasteiger partial charge < -0.3 is 4.90 Å². The van der Waals surface area contributed by atoms with Gasteiger partial charge in [0.1, 0.15) is 0 Å². The predicted molar refractivity (Wildman–Crippen MR) is 85.8 cm³/mol. The fourth-order valence-electron chi connectivity index (χ4n) is 2.83. The maximum absolute atomic E-state index is 12.3. The standard InChI is InChI=1S/C16H26N2O2S/c1-14(13-18-10-6-3-7-11-18)12-17-21(19,20)16-9-5-4-8-15(16)2/h4-5,8-9,14,17H,3,6-7,10-13H2,1-2H3. The smallest absolute Gasteiger partial charge is 0.240 e. The van der Waals surface area contributed by atoms with Crippen LogP contribution in [0.3, 0.4) is 0 Å². The fraction of sp³-hybridized carbons (Fsp3) is 0.625. The van der Waals surface area contributed by atoms with E-state index in [1.807, 2.05) is 19.1 Å². The summed E-state index contributed by atoms with van der Waals surface area (Å²) < 4.78 is 27.4. The van der Waals surface area contributed by atoms with E-state index in [9.17, 15) is 8.42 Å². The van der Waals surface area contributed by atoms with Crippen molar-refractivity contribution in [2.24, 2.45) is 5.92 Å². The van der Waals surface area contributed by atoms with E-state index in [4.69, 9.17) is 0 Å². The van der Waals surface area contributed by atoms with E-state index in [-0.39, 0.29) is 0 Å². The fourth-order valence-corrected chi connectivity index (χ4v) is 4.24. The predicted octanol–water partition coefficient (Wildman–Crippen LogP) is 2.40. The van der Waals surface area contributed by atoms with E-state index in [0.717, 1.165) is 25.2 Å². The number of nitrogens with one attached hydrogen (secondary N) is 1. The van der Waals surface area contributed by atoms with Gasteiger partial charge in [0, 0.05) is 13.1 Å². The first-order chi connectivity index (χ1) is 9.99. The summed E-state index contributed by atoms with van der Waals surface area (Å²) in [4.78, 5) is 2.83. The van der Waals surface area contributed by atoms with E-state index in [1.54, 1.807) is 12.1 Å². The zero-order valence-electron chi connectivity index (χ0n) is 13.0. The number of benzene rings is 1. The third-order valence-corrected chi connectivity index (χ3v) is 5.61. The minimum absolute atomic E-state index is 0.321. The molecule has 1 N–H and O–H groups in total. The van der Waals surface area contributed by atoms with Crippen LogP contribution in [0.15, 0.2) is 29.2 Å². The third-order valence-electron chi connectivity index (χ3n) is 4.02. The Bertz CT molecular complexity index is 551. The molecule has 1 aromatic carbocycles. The van der Waals surface area contributed by atoms with Crippen LogP contribution in [0.2, 0.25) is 0 Å². The number of piperidine rings is 1. The van der Waals surface area contributed by atoms with Crippen molar-refractivity contribution in [2.75, 3.05) is 26.2 Å². The molecule has 0 radical (unpaired) electrons. The normalized spacial score (nSPS) is 18.6. The molecule has 2 rings (SSSR count). The summed E-state index contributed by atoms with van der Waals surface area (Å²) in [5, 5.41) is 0. The lowest BCUT2D eigenvalue weighted by atomic mass is 10.1. The molecule has 0 spiro atoms. The summed E-state index contributed by atoms with van der Waals surface area (Å²) in [5.41, 5.74) is 0.786. The van der Waals surface area contributed by atoms with E-state index < -0.39 is 10.0 Å². The van der Waals surface area contributed by atoms with Gasteiger partial charge in [0.2, 0.25) is 10.0 Å². The van der Waals surface area contributed by atoms with Gasteiger partial charge >= 0.3 is 0 Å². The van der Waals surface area contributed by atoms with Crippen molar-refractivity contribution in [1.82, 2.24) is 9.62 Å². The molecule has 4 nitrogen and oxygen atoms in total. The van der Waals surface area contributed by atoms with Crippen LogP contribution < -0.4 is 4.72 Å². The number of nitrogens with zero attached hydrogens (tertiary/aromatic N) is 1. The first-order valence-corrected chi connectivity index (χ1v) is 9.25. The first-order valence-electron chi connectivity index (χ1n) is 7.77. The highest BCUT2D eigenvalue weighted by molar-refractivity contribution is 7.89. The van der Waals surface area contributed by atoms with Crippen LogP contribution >= 0.6 is 0 Å². The minimum Gasteiger partial charge on any atom is -0.303 e. The van der Waals surface area contributed by atoms with Gasteiger partial charge in [0.05, 0.1) is 4.90 Å². The Morgan fingerprint density at radius 1 is 1.19 bits per heavy atom. The van der Waals surface area contributed by atoms with Gasteiger partial charge in [-0.25, -0.2) is 13.1 Å². The first kappa shape index (κ1) is 16.5. The van der Waals surface area contributed by atoms with E-state index in [1.165, 1.54) is 19.3 Å². The summed E-state index contributed by atoms with van der Waals surface area (Å²) in [6, 6.07) is 7.10. The molecule has 1 aromatic rings. The zero-order chi connectivity index (χ0) is 15.3. The Balaban J connectivity index is 1.88. The summed E-state index contributed by atoms with van der Waals surface area (Å²) in [7, 11) is -3.40. The SMILES string of the molecule is Cc1ccccc1S(=O)(=O)NCC(C)CN1CCCCC1. The van der Waals surface area contributed by atoms with Crippen molar-refractivity contribution in [2.45, 2.75) is 38.0 Å². The van der Waals surface area contributed by atoms with Gasteiger partial charge in [-0.1, -0.05) is 31.5 Å². The Kier molecular flexibility index (Phi) is 5.79. The maximum atomic E-state index is 12.3. The maximum Gasteiger partial charge on any atom is 0.240 e. The molecule has 1 unspecified atom stereocenters. The number of sulfonamides is 1. The molecule has 1 aliphatic heterocycles. The lowest BCUT2D eigenvalue weighted by Gasteiger charge is -2.29. The molecule has 1 saturated heterocycles. The largest absolute Gasteiger partial charge is 0.303 e. The van der Waals surface area contributed by atoms with Crippen LogP contribution in [-0.4, -0.2) is 39.5 Å². The molecule has 1 heterocycles. The van der Waals surface area contributed by atoms with Crippen molar-refractivity contribution in [3.8, 4) is 0 Å². The van der Waals surface area contributed by atoms with Crippen LogP contribution in [0.1, 0.15) is 31.7 Å².